The van der Waals surface area contributed by atoms with Gasteiger partial charge in [-0.05, 0) is 0 Å². The second-order valence-electron chi connectivity index (χ2n) is 4.68. The van der Waals surface area contributed by atoms with Crippen molar-refractivity contribution < 1.29 is 24.6 Å². The molecule has 0 aromatic heterocycles. The van der Waals surface area contributed by atoms with E-state index in [1.165, 1.54) is 4.90 Å². The molecule has 0 aromatic rings. The molecule has 3 N–H and O–H groups in total. The molecule has 0 atom stereocenters. The molecule has 0 aromatic carbocycles. The van der Waals surface area contributed by atoms with Gasteiger partial charge >= 0.3 is 0 Å². The van der Waals surface area contributed by atoms with Crippen molar-refractivity contribution in [2.75, 3.05) is 60.1 Å². The molecule has 1 amide bonds. The monoisotopic (exact) mass is 249 g/mol. The quantitative estimate of drug-likeness (QED) is 0.424. The Hall–Kier alpha value is -0.690. The summed E-state index contributed by atoms with van der Waals surface area (Å²) in [5, 5.41) is 26.5. The SMILES string of the molecule is C[N+](C)(CCO)CCC(=O)N(CCO)CCO. The summed E-state index contributed by atoms with van der Waals surface area (Å²) >= 11 is 0. The van der Waals surface area contributed by atoms with E-state index >= 15 is 0 Å². The van der Waals surface area contributed by atoms with E-state index < -0.39 is 0 Å². The number of hydrogen-bond donors (Lipinski definition) is 3. The van der Waals surface area contributed by atoms with E-state index in [2.05, 4.69) is 0 Å². The zero-order valence-electron chi connectivity index (χ0n) is 10.8. The van der Waals surface area contributed by atoms with Gasteiger partial charge in [0.2, 0.25) is 5.91 Å². The number of hydrogen-bond acceptors (Lipinski definition) is 4. The minimum atomic E-state index is -0.0966. The fourth-order valence-corrected chi connectivity index (χ4v) is 1.54. The van der Waals surface area contributed by atoms with Gasteiger partial charge in [0.1, 0.15) is 6.54 Å². The van der Waals surface area contributed by atoms with Gasteiger partial charge in [-0.2, -0.15) is 0 Å². The average molecular weight is 249 g/mol. The Morgan fingerprint density at radius 2 is 1.53 bits per heavy atom. The van der Waals surface area contributed by atoms with Gasteiger partial charge in [0.25, 0.3) is 0 Å². The Morgan fingerprint density at radius 3 is 1.94 bits per heavy atom. The number of aliphatic hydroxyl groups is 3. The highest BCUT2D eigenvalue weighted by Gasteiger charge is 2.19. The number of carbonyl (C=O) groups excluding carboxylic acids is 1. The highest BCUT2D eigenvalue weighted by atomic mass is 16.3. The Kier molecular flexibility index (Phi) is 8.07. The molecule has 0 fully saturated rings. The van der Waals surface area contributed by atoms with Crippen molar-refractivity contribution in [2.45, 2.75) is 6.42 Å². The highest BCUT2D eigenvalue weighted by Crippen LogP contribution is 2.02. The molecule has 0 rings (SSSR count). The highest BCUT2D eigenvalue weighted by molar-refractivity contribution is 5.76. The maximum absolute atomic E-state index is 11.8. The third-order valence-corrected chi connectivity index (χ3v) is 2.73. The van der Waals surface area contributed by atoms with Gasteiger partial charge in [-0.1, -0.05) is 0 Å². The second kappa shape index (κ2) is 8.41. The molecule has 0 saturated carbocycles. The molecule has 102 valence electrons. The van der Waals surface area contributed by atoms with E-state index in [1.807, 2.05) is 14.1 Å². The predicted molar refractivity (Wildman–Crippen MR) is 64.3 cm³/mol. The lowest BCUT2D eigenvalue weighted by atomic mass is 10.3. The molecule has 17 heavy (non-hydrogen) atoms. The summed E-state index contributed by atoms with van der Waals surface area (Å²) in [5.41, 5.74) is 0. The van der Waals surface area contributed by atoms with Crippen LogP contribution in [0.2, 0.25) is 0 Å². The molecule has 0 aliphatic rings. The van der Waals surface area contributed by atoms with Crippen LogP contribution in [0.3, 0.4) is 0 Å². The molecule has 0 bridgehead atoms. The summed E-state index contributed by atoms with van der Waals surface area (Å²) < 4.78 is 0.578. The largest absolute Gasteiger partial charge is 0.395 e. The Balaban J connectivity index is 4.12. The van der Waals surface area contributed by atoms with Crippen LogP contribution in [0.5, 0.6) is 0 Å². The van der Waals surface area contributed by atoms with Gasteiger partial charge in [-0.25, -0.2) is 0 Å². The molecule has 0 spiro atoms. The average Bonchev–Trinajstić information content (AvgIpc) is 2.26. The molecule has 0 heterocycles. The zero-order chi connectivity index (χ0) is 13.3. The van der Waals surface area contributed by atoms with Crippen molar-refractivity contribution in [3.05, 3.63) is 0 Å². The second-order valence-corrected chi connectivity index (χ2v) is 4.68. The van der Waals surface area contributed by atoms with Crippen LogP contribution in [0.15, 0.2) is 0 Å². The predicted octanol–water partition coefficient (Wildman–Crippen LogP) is -1.74. The maximum Gasteiger partial charge on any atom is 0.228 e. The molecule has 0 aliphatic carbocycles. The standard InChI is InChI=1S/C11H25N2O4/c1-13(2,7-10-16)6-3-11(17)12(4-8-14)5-9-15/h14-16H,3-10H2,1-2H3/q+1. The molecule has 0 radical (unpaired) electrons. The first-order chi connectivity index (χ1) is 7.96. The van der Waals surface area contributed by atoms with E-state index in [1.54, 1.807) is 0 Å². The number of likely N-dealkylation sites (N-methyl/N-ethyl adjacent to an activating group) is 1. The Labute approximate surface area is 103 Å². The van der Waals surface area contributed by atoms with Crippen LogP contribution in [0.4, 0.5) is 0 Å². The molecular formula is C11H25N2O4+. The number of rotatable bonds is 9. The topological polar surface area (TPSA) is 81.0 Å². The lowest BCUT2D eigenvalue weighted by Gasteiger charge is -2.30. The number of carbonyl (C=O) groups is 1. The summed E-state index contributed by atoms with van der Waals surface area (Å²) in [6.07, 6.45) is 0.354. The van der Waals surface area contributed by atoms with Crippen molar-refractivity contribution in [3.63, 3.8) is 0 Å². The molecule has 0 unspecified atom stereocenters. The summed E-state index contributed by atoms with van der Waals surface area (Å²) in [6, 6.07) is 0. The smallest absolute Gasteiger partial charge is 0.228 e. The molecule has 6 heteroatoms. The normalized spacial score (nSPS) is 11.6. The number of nitrogens with zero attached hydrogens (tertiary/aromatic N) is 2. The van der Waals surface area contributed by atoms with Gasteiger partial charge in [-0.3, -0.25) is 4.79 Å². The van der Waals surface area contributed by atoms with E-state index in [0.717, 1.165) is 0 Å². The van der Waals surface area contributed by atoms with Gasteiger partial charge < -0.3 is 24.7 Å². The fraction of sp³-hybridized carbons (Fsp3) is 0.909. The molecular weight excluding hydrogens is 224 g/mol. The first-order valence-electron chi connectivity index (χ1n) is 5.89. The molecule has 6 nitrogen and oxygen atoms in total. The summed E-state index contributed by atoms with van der Waals surface area (Å²) in [7, 11) is 3.90. The number of amides is 1. The third-order valence-electron chi connectivity index (χ3n) is 2.73. The van der Waals surface area contributed by atoms with Crippen LogP contribution >= 0.6 is 0 Å². The van der Waals surface area contributed by atoms with Crippen LogP contribution in [-0.4, -0.2) is 90.7 Å². The first-order valence-corrected chi connectivity index (χ1v) is 5.89. The first kappa shape index (κ1) is 16.3. The van der Waals surface area contributed by atoms with Crippen molar-refractivity contribution in [2.24, 2.45) is 0 Å². The zero-order valence-corrected chi connectivity index (χ0v) is 10.8. The lowest BCUT2D eigenvalue weighted by molar-refractivity contribution is -0.890. The van der Waals surface area contributed by atoms with Gasteiger partial charge in [0.05, 0.1) is 46.9 Å². The van der Waals surface area contributed by atoms with Crippen LogP contribution in [0.25, 0.3) is 0 Å². The summed E-state index contributed by atoms with van der Waals surface area (Å²) in [4.78, 5) is 13.3. The summed E-state index contributed by atoms with van der Waals surface area (Å²) in [6.45, 7) is 1.65. The lowest BCUT2D eigenvalue weighted by Crippen LogP contribution is -2.45. The van der Waals surface area contributed by atoms with E-state index in [-0.39, 0.29) is 38.8 Å². The van der Waals surface area contributed by atoms with E-state index in [0.29, 0.717) is 24.0 Å². The number of quaternary nitrogens is 1. The summed E-state index contributed by atoms with van der Waals surface area (Å²) in [5.74, 6) is -0.0720. The van der Waals surface area contributed by atoms with E-state index in [9.17, 15) is 4.79 Å². The Bertz CT molecular complexity index is 216. The Morgan fingerprint density at radius 1 is 1.00 bits per heavy atom. The van der Waals surface area contributed by atoms with Crippen LogP contribution in [0, 0.1) is 0 Å². The fourth-order valence-electron chi connectivity index (χ4n) is 1.54. The minimum Gasteiger partial charge on any atom is -0.395 e. The van der Waals surface area contributed by atoms with Crippen molar-refractivity contribution in [1.29, 1.82) is 0 Å². The minimum absolute atomic E-state index is 0.0720. The van der Waals surface area contributed by atoms with Crippen molar-refractivity contribution >= 4 is 5.91 Å². The van der Waals surface area contributed by atoms with Gasteiger partial charge in [0, 0.05) is 13.1 Å². The van der Waals surface area contributed by atoms with Crippen molar-refractivity contribution in [3.8, 4) is 0 Å². The van der Waals surface area contributed by atoms with Gasteiger partial charge in [-0.15, -0.1) is 0 Å². The molecule has 0 aliphatic heterocycles. The van der Waals surface area contributed by atoms with Crippen LogP contribution in [0.1, 0.15) is 6.42 Å². The maximum atomic E-state index is 11.8. The van der Waals surface area contributed by atoms with Crippen molar-refractivity contribution in [1.82, 2.24) is 4.90 Å². The number of aliphatic hydroxyl groups excluding tert-OH is 3. The van der Waals surface area contributed by atoms with Crippen LogP contribution < -0.4 is 0 Å². The third kappa shape index (κ3) is 7.27. The van der Waals surface area contributed by atoms with Crippen LogP contribution in [-0.2, 0) is 4.79 Å². The van der Waals surface area contributed by atoms with E-state index in [4.69, 9.17) is 15.3 Å². The van der Waals surface area contributed by atoms with Gasteiger partial charge in [0.15, 0.2) is 0 Å². The molecule has 0 saturated heterocycles.